The van der Waals surface area contributed by atoms with Crippen LogP contribution in [0.1, 0.15) is 0 Å². The van der Waals surface area contributed by atoms with E-state index < -0.39 is 0 Å². The van der Waals surface area contributed by atoms with Gasteiger partial charge in [-0.2, -0.15) is 0 Å². The predicted molar refractivity (Wildman–Crippen MR) is 63.3 cm³/mol. The Kier molecular flexibility index (Phi) is 3.49. The van der Waals surface area contributed by atoms with Crippen LogP contribution < -0.4 is 10.2 Å². The van der Waals surface area contributed by atoms with E-state index in [2.05, 4.69) is 10.2 Å². The summed E-state index contributed by atoms with van der Waals surface area (Å²) in [6.07, 6.45) is 1.96. The molecule has 1 N–H and O–H groups in total. The highest BCUT2D eigenvalue weighted by Crippen LogP contribution is 2.24. The molecular formula is C11H15FN2S. The van der Waals surface area contributed by atoms with Crippen molar-refractivity contribution < 1.29 is 4.39 Å². The maximum Gasteiger partial charge on any atom is 0.147 e. The molecule has 1 aromatic carbocycles. The second kappa shape index (κ2) is 4.86. The Morgan fingerprint density at radius 1 is 1.33 bits per heavy atom. The molecule has 4 heteroatoms. The van der Waals surface area contributed by atoms with Gasteiger partial charge in [0, 0.05) is 31.1 Å². The maximum atomic E-state index is 13.7. The molecule has 1 aromatic rings. The summed E-state index contributed by atoms with van der Waals surface area (Å²) in [5.74, 6) is -0.108. The van der Waals surface area contributed by atoms with E-state index in [4.69, 9.17) is 0 Å². The standard InChI is InChI=1S/C11H15FN2S/c1-15-9-2-3-11(10(12)8-9)14-6-4-13-5-7-14/h2-3,8,13H,4-7H2,1H3. The van der Waals surface area contributed by atoms with Crippen LogP contribution in [0.2, 0.25) is 0 Å². The Morgan fingerprint density at radius 3 is 2.67 bits per heavy atom. The molecule has 0 aliphatic carbocycles. The number of hydrogen-bond acceptors (Lipinski definition) is 3. The molecule has 0 bridgehead atoms. The SMILES string of the molecule is CSc1ccc(N2CCNCC2)c(F)c1. The monoisotopic (exact) mass is 226 g/mol. The highest BCUT2D eigenvalue weighted by Gasteiger charge is 2.14. The van der Waals surface area contributed by atoms with Crippen molar-refractivity contribution in [2.24, 2.45) is 0 Å². The van der Waals surface area contributed by atoms with Crippen molar-refractivity contribution in [3.8, 4) is 0 Å². The molecular weight excluding hydrogens is 211 g/mol. The van der Waals surface area contributed by atoms with Gasteiger partial charge in [0.05, 0.1) is 5.69 Å². The van der Waals surface area contributed by atoms with Gasteiger partial charge < -0.3 is 10.2 Å². The Balaban J connectivity index is 2.19. The van der Waals surface area contributed by atoms with E-state index in [0.717, 1.165) is 36.8 Å². The summed E-state index contributed by atoms with van der Waals surface area (Å²) in [6.45, 7) is 3.64. The lowest BCUT2D eigenvalue weighted by atomic mass is 10.2. The number of nitrogens with zero attached hydrogens (tertiary/aromatic N) is 1. The average molecular weight is 226 g/mol. The second-order valence-corrected chi connectivity index (χ2v) is 4.43. The Labute approximate surface area is 93.8 Å². The molecule has 2 nitrogen and oxygen atoms in total. The van der Waals surface area contributed by atoms with E-state index in [-0.39, 0.29) is 5.82 Å². The van der Waals surface area contributed by atoms with E-state index >= 15 is 0 Å². The van der Waals surface area contributed by atoms with Crippen molar-refractivity contribution in [2.45, 2.75) is 4.90 Å². The van der Waals surface area contributed by atoms with Crippen LogP contribution in [0.5, 0.6) is 0 Å². The van der Waals surface area contributed by atoms with Crippen LogP contribution in [0.4, 0.5) is 10.1 Å². The van der Waals surface area contributed by atoms with Crippen molar-refractivity contribution in [1.29, 1.82) is 0 Å². The van der Waals surface area contributed by atoms with Crippen molar-refractivity contribution in [1.82, 2.24) is 5.32 Å². The molecule has 0 atom stereocenters. The number of anilines is 1. The summed E-state index contributed by atoms with van der Waals surface area (Å²) in [5.41, 5.74) is 0.731. The fourth-order valence-electron chi connectivity index (χ4n) is 1.78. The number of nitrogens with one attached hydrogen (secondary N) is 1. The fourth-order valence-corrected chi connectivity index (χ4v) is 2.20. The zero-order valence-electron chi connectivity index (χ0n) is 8.79. The van der Waals surface area contributed by atoms with Crippen LogP contribution in [-0.2, 0) is 0 Å². The van der Waals surface area contributed by atoms with Gasteiger partial charge in [0.25, 0.3) is 0 Å². The van der Waals surface area contributed by atoms with Gasteiger partial charge in [-0.3, -0.25) is 0 Å². The molecule has 0 amide bonds. The van der Waals surface area contributed by atoms with Gasteiger partial charge in [0.1, 0.15) is 5.82 Å². The van der Waals surface area contributed by atoms with E-state index in [1.54, 1.807) is 17.8 Å². The van der Waals surface area contributed by atoms with Gasteiger partial charge in [0.2, 0.25) is 0 Å². The van der Waals surface area contributed by atoms with Gasteiger partial charge in [0.15, 0.2) is 0 Å². The zero-order valence-corrected chi connectivity index (χ0v) is 9.61. The van der Waals surface area contributed by atoms with Crippen LogP contribution in [-0.4, -0.2) is 32.4 Å². The number of thioether (sulfide) groups is 1. The molecule has 2 rings (SSSR count). The van der Waals surface area contributed by atoms with Crippen LogP contribution in [0.3, 0.4) is 0 Å². The van der Waals surface area contributed by atoms with Crippen molar-refractivity contribution in [3.05, 3.63) is 24.0 Å². The molecule has 0 spiro atoms. The Morgan fingerprint density at radius 2 is 2.07 bits per heavy atom. The average Bonchev–Trinajstić information content (AvgIpc) is 2.30. The predicted octanol–water partition coefficient (Wildman–Crippen LogP) is 1.96. The minimum atomic E-state index is -0.108. The third kappa shape index (κ3) is 2.44. The van der Waals surface area contributed by atoms with E-state index in [9.17, 15) is 4.39 Å². The second-order valence-electron chi connectivity index (χ2n) is 3.55. The molecule has 1 aliphatic rings. The van der Waals surface area contributed by atoms with Crippen LogP contribution in [0.25, 0.3) is 0 Å². The molecule has 1 heterocycles. The minimum Gasteiger partial charge on any atom is -0.367 e. The van der Waals surface area contributed by atoms with Crippen molar-refractivity contribution in [2.75, 3.05) is 37.3 Å². The van der Waals surface area contributed by atoms with E-state index in [0.29, 0.717) is 0 Å². The molecule has 82 valence electrons. The third-order valence-electron chi connectivity index (χ3n) is 2.61. The van der Waals surface area contributed by atoms with Gasteiger partial charge >= 0.3 is 0 Å². The molecule has 0 radical (unpaired) electrons. The molecule has 1 saturated heterocycles. The number of benzene rings is 1. The van der Waals surface area contributed by atoms with Gasteiger partial charge in [-0.25, -0.2) is 4.39 Å². The van der Waals surface area contributed by atoms with Crippen molar-refractivity contribution in [3.63, 3.8) is 0 Å². The van der Waals surface area contributed by atoms with Crippen LogP contribution in [0, 0.1) is 5.82 Å². The first-order chi connectivity index (χ1) is 7.31. The maximum absolute atomic E-state index is 13.7. The summed E-state index contributed by atoms with van der Waals surface area (Å²) in [5, 5.41) is 3.26. The topological polar surface area (TPSA) is 15.3 Å². The summed E-state index contributed by atoms with van der Waals surface area (Å²) in [7, 11) is 0. The van der Waals surface area contributed by atoms with Crippen LogP contribution >= 0.6 is 11.8 Å². The molecule has 1 aliphatic heterocycles. The van der Waals surface area contributed by atoms with Gasteiger partial charge in [-0.15, -0.1) is 11.8 Å². The largest absolute Gasteiger partial charge is 0.367 e. The number of hydrogen-bond donors (Lipinski definition) is 1. The first kappa shape index (κ1) is 10.8. The van der Waals surface area contributed by atoms with E-state index in [1.807, 2.05) is 18.4 Å². The lowest BCUT2D eigenvalue weighted by molar-refractivity contribution is 0.565. The minimum absolute atomic E-state index is 0.108. The Hall–Kier alpha value is -0.740. The lowest BCUT2D eigenvalue weighted by Crippen LogP contribution is -2.43. The summed E-state index contributed by atoms with van der Waals surface area (Å²) in [6, 6.07) is 5.47. The Bertz CT molecular complexity index is 337. The molecule has 15 heavy (non-hydrogen) atoms. The summed E-state index contributed by atoms with van der Waals surface area (Å²) >= 11 is 1.57. The van der Waals surface area contributed by atoms with Crippen LogP contribution in [0.15, 0.2) is 23.1 Å². The number of rotatable bonds is 2. The molecule has 0 unspecified atom stereocenters. The summed E-state index contributed by atoms with van der Waals surface area (Å²) in [4.78, 5) is 3.07. The normalized spacial score (nSPS) is 16.8. The first-order valence-corrected chi connectivity index (χ1v) is 6.33. The first-order valence-electron chi connectivity index (χ1n) is 5.10. The van der Waals surface area contributed by atoms with Gasteiger partial charge in [-0.1, -0.05) is 0 Å². The molecule has 0 aromatic heterocycles. The highest BCUT2D eigenvalue weighted by atomic mass is 32.2. The highest BCUT2D eigenvalue weighted by molar-refractivity contribution is 7.98. The zero-order chi connectivity index (χ0) is 10.7. The lowest BCUT2D eigenvalue weighted by Gasteiger charge is -2.29. The fraction of sp³-hybridized carbons (Fsp3) is 0.455. The van der Waals surface area contributed by atoms with Gasteiger partial charge in [-0.05, 0) is 24.5 Å². The smallest absolute Gasteiger partial charge is 0.147 e. The quantitative estimate of drug-likeness (QED) is 0.776. The molecule has 0 saturated carbocycles. The summed E-state index contributed by atoms with van der Waals surface area (Å²) < 4.78 is 13.7. The molecule has 1 fully saturated rings. The van der Waals surface area contributed by atoms with E-state index in [1.165, 1.54) is 0 Å². The number of piperazine rings is 1. The van der Waals surface area contributed by atoms with Crippen molar-refractivity contribution >= 4 is 17.4 Å². The third-order valence-corrected chi connectivity index (χ3v) is 3.34. The number of halogens is 1.